The molecule has 1 atom stereocenters. The lowest BCUT2D eigenvalue weighted by Gasteiger charge is -2.13. The topological polar surface area (TPSA) is 62.2 Å². The van der Waals surface area contributed by atoms with Crippen LogP contribution in [0.15, 0.2) is 17.2 Å². The lowest BCUT2D eigenvalue weighted by atomic mass is 10.2. The van der Waals surface area contributed by atoms with Gasteiger partial charge in [-0.05, 0) is 50.9 Å². The first-order valence-corrected chi connectivity index (χ1v) is 7.55. The van der Waals surface area contributed by atoms with Gasteiger partial charge in [-0.15, -0.1) is 11.8 Å². The monoisotopic (exact) mass is 282 g/mol. The highest BCUT2D eigenvalue weighted by molar-refractivity contribution is 7.99. The van der Waals surface area contributed by atoms with Crippen molar-refractivity contribution in [3.63, 3.8) is 0 Å². The number of pyridine rings is 1. The Morgan fingerprint density at radius 3 is 2.79 bits per heavy atom. The van der Waals surface area contributed by atoms with Gasteiger partial charge in [0.15, 0.2) is 0 Å². The van der Waals surface area contributed by atoms with E-state index in [-0.39, 0.29) is 0 Å². The highest BCUT2D eigenvalue weighted by atomic mass is 32.2. The summed E-state index contributed by atoms with van der Waals surface area (Å²) in [6.45, 7) is 6.78. The van der Waals surface area contributed by atoms with Crippen LogP contribution in [0.5, 0.6) is 0 Å². The molecule has 1 rings (SSSR count). The van der Waals surface area contributed by atoms with E-state index < -0.39 is 12.0 Å². The van der Waals surface area contributed by atoms with Crippen molar-refractivity contribution in [2.45, 2.75) is 44.7 Å². The van der Waals surface area contributed by atoms with Gasteiger partial charge >= 0.3 is 5.97 Å². The molecular formula is C14H22N2O2S. The van der Waals surface area contributed by atoms with Crippen LogP contribution in [0.1, 0.15) is 31.0 Å². The lowest BCUT2D eigenvalue weighted by Crippen LogP contribution is -2.37. The zero-order valence-corrected chi connectivity index (χ0v) is 12.6. The number of aliphatic carboxylic acids is 1. The zero-order valence-electron chi connectivity index (χ0n) is 11.8. The van der Waals surface area contributed by atoms with E-state index >= 15 is 0 Å². The molecule has 1 heterocycles. The Labute approximate surface area is 119 Å². The summed E-state index contributed by atoms with van der Waals surface area (Å²) in [5, 5.41) is 13.1. The summed E-state index contributed by atoms with van der Waals surface area (Å²) in [4.78, 5) is 15.5. The molecule has 0 aliphatic carbocycles. The van der Waals surface area contributed by atoms with E-state index in [9.17, 15) is 4.79 Å². The van der Waals surface area contributed by atoms with Crippen LogP contribution in [0.25, 0.3) is 0 Å². The van der Waals surface area contributed by atoms with Gasteiger partial charge in [-0.3, -0.25) is 4.79 Å². The number of aromatic nitrogens is 1. The van der Waals surface area contributed by atoms with Gasteiger partial charge in [0.05, 0.1) is 5.03 Å². The molecule has 4 nitrogen and oxygen atoms in total. The summed E-state index contributed by atoms with van der Waals surface area (Å²) in [7, 11) is 0. The van der Waals surface area contributed by atoms with E-state index in [1.54, 1.807) is 11.8 Å². The molecule has 1 unspecified atom stereocenters. The zero-order chi connectivity index (χ0) is 14.3. The molecule has 0 amide bonds. The van der Waals surface area contributed by atoms with Crippen molar-refractivity contribution >= 4 is 17.7 Å². The Bertz CT molecular complexity index is 404. The van der Waals surface area contributed by atoms with Gasteiger partial charge in [-0.2, -0.15) is 0 Å². The van der Waals surface area contributed by atoms with Crippen LogP contribution >= 0.6 is 11.8 Å². The maximum absolute atomic E-state index is 11.1. The Morgan fingerprint density at radius 1 is 1.47 bits per heavy atom. The fourth-order valence-electron chi connectivity index (χ4n) is 1.79. The third-order valence-corrected chi connectivity index (χ3v) is 3.61. The molecule has 106 valence electrons. The fraction of sp³-hybridized carbons (Fsp3) is 0.571. The van der Waals surface area contributed by atoms with Gasteiger partial charge in [-0.25, -0.2) is 4.98 Å². The number of carbonyl (C=O) groups is 1. The maximum atomic E-state index is 11.1. The van der Waals surface area contributed by atoms with Crippen LogP contribution < -0.4 is 5.32 Å². The second-order valence-corrected chi connectivity index (χ2v) is 5.72. The molecule has 2 N–H and O–H groups in total. The number of thioether (sulfide) groups is 1. The maximum Gasteiger partial charge on any atom is 0.320 e. The number of hydrogen-bond donors (Lipinski definition) is 2. The molecule has 0 fully saturated rings. The average molecular weight is 282 g/mol. The predicted molar refractivity (Wildman–Crippen MR) is 78.8 cm³/mol. The molecule has 0 spiro atoms. The van der Waals surface area contributed by atoms with E-state index in [0.29, 0.717) is 6.42 Å². The highest BCUT2D eigenvalue weighted by Crippen LogP contribution is 2.19. The normalized spacial score (nSPS) is 12.4. The van der Waals surface area contributed by atoms with Crippen LogP contribution in [-0.2, 0) is 4.79 Å². The van der Waals surface area contributed by atoms with Crippen LogP contribution in [-0.4, -0.2) is 34.4 Å². The van der Waals surface area contributed by atoms with Crippen LogP contribution in [0.3, 0.4) is 0 Å². The first-order chi connectivity index (χ1) is 9.02. The molecule has 0 aliphatic heterocycles. The summed E-state index contributed by atoms with van der Waals surface area (Å²) < 4.78 is 0. The van der Waals surface area contributed by atoms with E-state index in [0.717, 1.165) is 29.4 Å². The Kier molecular flexibility index (Phi) is 6.87. The minimum absolute atomic E-state index is 0.460. The first-order valence-electron chi connectivity index (χ1n) is 6.57. The van der Waals surface area contributed by atoms with Crippen LogP contribution in [0.4, 0.5) is 0 Å². The number of carboxylic acid groups (broad SMARTS) is 1. The second-order valence-electron chi connectivity index (χ2n) is 4.61. The van der Waals surface area contributed by atoms with Gasteiger partial charge in [0.25, 0.3) is 0 Å². The standard InChI is InChI=1S/C14H22N2O2S/c1-4-6-15-12(14(17)18)5-7-19-13-9-10(2)8-11(3)16-13/h8-9,12,15H,4-7H2,1-3H3,(H,17,18). The van der Waals surface area contributed by atoms with Gasteiger partial charge in [0, 0.05) is 11.4 Å². The van der Waals surface area contributed by atoms with E-state index in [1.807, 2.05) is 32.9 Å². The molecule has 0 aromatic carbocycles. The molecule has 0 aliphatic rings. The number of rotatable bonds is 8. The van der Waals surface area contributed by atoms with E-state index in [4.69, 9.17) is 5.11 Å². The van der Waals surface area contributed by atoms with E-state index in [1.165, 1.54) is 5.56 Å². The van der Waals surface area contributed by atoms with Gasteiger partial charge in [0.2, 0.25) is 0 Å². The molecule has 0 saturated heterocycles. The van der Waals surface area contributed by atoms with Gasteiger partial charge in [-0.1, -0.05) is 6.92 Å². The van der Waals surface area contributed by atoms with Gasteiger partial charge < -0.3 is 10.4 Å². The Morgan fingerprint density at radius 2 is 2.21 bits per heavy atom. The Balaban J connectivity index is 2.44. The fourth-order valence-corrected chi connectivity index (χ4v) is 2.83. The van der Waals surface area contributed by atoms with Crippen molar-refractivity contribution in [1.29, 1.82) is 0 Å². The number of aryl methyl sites for hydroxylation is 2. The van der Waals surface area contributed by atoms with Crippen molar-refractivity contribution in [3.05, 3.63) is 23.4 Å². The molecule has 0 radical (unpaired) electrons. The SMILES string of the molecule is CCCNC(CCSc1cc(C)cc(C)n1)C(=O)O. The van der Waals surface area contributed by atoms with Crippen LogP contribution in [0, 0.1) is 13.8 Å². The van der Waals surface area contributed by atoms with Crippen molar-refractivity contribution < 1.29 is 9.90 Å². The predicted octanol–water partition coefficient (Wildman–Crippen LogP) is 2.63. The summed E-state index contributed by atoms with van der Waals surface area (Å²) >= 11 is 1.61. The molecule has 5 heteroatoms. The molecule has 0 bridgehead atoms. The average Bonchev–Trinajstić information content (AvgIpc) is 2.31. The molecule has 1 aromatic heterocycles. The number of nitrogens with zero attached hydrogens (tertiary/aromatic N) is 1. The summed E-state index contributed by atoms with van der Waals surface area (Å²) in [5.41, 5.74) is 2.19. The molecule has 19 heavy (non-hydrogen) atoms. The van der Waals surface area contributed by atoms with Crippen molar-refractivity contribution in [2.75, 3.05) is 12.3 Å². The highest BCUT2D eigenvalue weighted by Gasteiger charge is 2.15. The number of carboxylic acids is 1. The summed E-state index contributed by atoms with van der Waals surface area (Å²) in [6.07, 6.45) is 1.55. The second kappa shape index (κ2) is 8.17. The van der Waals surface area contributed by atoms with Crippen molar-refractivity contribution in [2.24, 2.45) is 0 Å². The first kappa shape index (κ1) is 16.0. The molecular weight excluding hydrogens is 260 g/mol. The van der Waals surface area contributed by atoms with Gasteiger partial charge in [0.1, 0.15) is 6.04 Å². The number of hydrogen-bond acceptors (Lipinski definition) is 4. The van der Waals surface area contributed by atoms with Crippen molar-refractivity contribution in [3.8, 4) is 0 Å². The van der Waals surface area contributed by atoms with Crippen molar-refractivity contribution in [1.82, 2.24) is 10.3 Å². The summed E-state index contributed by atoms with van der Waals surface area (Å²) in [6, 6.07) is 3.61. The molecule has 1 aromatic rings. The quantitative estimate of drug-likeness (QED) is 0.718. The van der Waals surface area contributed by atoms with Crippen LogP contribution in [0.2, 0.25) is 0 Å². The minimum Gasteiger partial charge on any atom is -0.480 e. The third-order valence-electron chi connectivity index (χ3n) is 2.67. The Hall–Kier alpha value is -1.07. The lowest BCUT2D eigenvalue weighted by molar-refractivity contribution is -0.139. The third kappa shape index (κ3) is 6.07. The number of nitrogens with one attached hydrogen (secondary N) is 1. The largest absolute Gasteiger partial charge is 0.480 e. The smallest absolute Gasteiger partial charge is 0.320 e. The molecule has 0 saturated carbocycles. The van der Waals surface area contributed by atoms with E-state index in [2.05, 4.69) is 10.3 Å². The minimum atomic E-state index is -0.776. The summed E-state index contributed by atoms with van der Waals surface area (Å²) in [5.74, 6) is -0.0220.